The molecule has 0 spiro atoms. The molecule has 6 heteroatoms. The molecule has 1 N–H and O–H groups in total. The minimum Gasteiger partial charge on any atom is -0.468 e. The van der Waals surface area contributed by atoms with Crippen LogP contribution in [0.2, 0.25) is 0 Å². The zero-order valence-corrected chi connectivity index (χ0v) is 10.7. The van der Waals surface area contributed by atoms with Gasteiger partial charge in [0.25, 0.3) is 0 Å². The van der Waals surface area contributed by atoms with Crippen LogP contribution in [0.3, 0.4) is 0 Å². The van der Waals surface area contributed by atoms with Gasteiger partial charge in [0.2, 0.25) is 0 Å². The molecule has 16 heavy (non-hydrogen) atoms. The van der Waals surface area contributed by atoms with Crippen LogP contribution < -0.4 is 5.32 Å². The van der Waals surface area contributed by atoms with Crippen molar-refractivity contribution in [3.63, 3.8) is 0 Å². The Morgan fingerprint density at radius 2 is 1.81 bits per heavy atom. The molecule has 0 aromatic heterocycles. The van der Waals surface area contributed by atoms with Gasteiger partial charge in [0.05, 0.1) is 14.2 Å². The highest BCUT2D eigenvalue weighted by molar-refractivity contribution is 8.02. The lowest BCUT2D eigenvalue weighted by atomic mass is 10.0. The van der Waals surface area contributed by atoms with E-state index < -0.39 is 10.8 Å². The molecule has 1 heterocycles. The van der Waals surface area contributed by atoms with Crippen molar-refractivity contribution in [1.82, 2.24) is 5.32 Å². The van der Waals surface area contributed by atoms with Crippen molar-refractivity contribution in [3.05, 3.63) is 0 Å². The Morgan fingerprint density at radius 1 is 1.25 bits per heavy atom. The Labute approximate surface area is 99.2 Å². The van der Waals surface area contributed by atoms with Crippen LogP contribution in [0.25, 0.3) is 0 Å². The lowest BCUT2D eigenvalue weighted by Gasteiger charge is -2.39. The lowest BCUT2D eigenvalue weighted by Crippen LogP contribution is -2.58. The number of ether oxygens (including phenoxy) is 2. The number of methoxy groups -OCH3 is 2. The second kappa shape index (κ2) is 5.05. The van der Waals surface area contributed by atoms with Gasteiger partial charge in [-0.25, -0.2) is 0 Å². The van der Waals surface area contributed by atoms with Crippen LogP contribution in [0.4, 0.5) is 0 Å². The maximum atomic E-state index is 11.5. The highest BCUT2D eigenvalue weighted by Gasteiger charge is 2.44. The first-order valence-electron chi connectivity index (χ1n) is 4.99. The Morgan fingerprint density at radius 3 is 2.25 bits per heavy atom. The molecular formula is C10H17NO4S. The molecule has 0 saturated carbocycles. The van der Waals surface area contributed by atoms with Crippen LogP contribution in [0.15, 0.2) is 0 Å². The van der Waals surface area contributed by atoms with Crippen molar-refractivity contribution >= 4 is 23.7 Å². The SMILES string of the molecule is COC(=O)[C@H]1NC[C@H](C(=O)OC)SC1(C)C. The molecule has 0 aromatic carbocycles. The maximum Gasteiger partial charge on any atom is 0.324 e. The monoisotopic (exact) mass is 247 g/mol. The molecule has 0 bridgehead atoms. The molecular weight excluding hydrogens is 230 g/mol. The number of hydrogen-bond donors (Lipinski definition) is 1. The lowest BCUT2D eigenvalue weighted by molar-refractivity contribution is -0.145. The number of carbonyl (C=O) groups excluding carboxylic acids is 2. The summed E-state index contributed by atoms with van der Waals surface area (Å²) in [6.45, 7) is 4.23. The van der Waals surface area contributed by atoms with Crippen LogP contribution >= 0.6 is 11.8 Å². The summed E-state index contributed by atoms with van der Waals surface area (Å²) in [6.07, 6.45) is 0. The van der Waals surface area contributed by atoms with Crippen LogP contribution in [0.5, 0.6) is 0 Å². The van der Waals surface area contributed by atoms with Gasteiger partial charge in [-0.15, -0.1) is 11.8 Å². The smallest absolute Gasteiger partial charge is 0.324 e. The highest BCUT2D eigenvalue weighted by atomic mass is 32.2. The number of rotatable bonds is 2. The average Bonchev–Trinajstić information content (AvgIpc) is 2.25. The predicted molar refractivity (Wildman–Crippen MR) is 61.3 cm³/mol. The number of nitrogens with one attached hydrogen (secondary N) is 1. The summed E-state index contributed by atoms with van der Waals surface area (Å²) in [5, 5.41) is 2.75. The Kier molecular flexibility index (Phi) is 4.21. The van der Waals surface area contributed by atoms with Crippen LogP contribution in [0, 0.1) is 0 Å². The van der Waals surface area contributed by atoms with Crippen molar-refractivity contribution in [1.29, 1.82) is 0 Å². The van der Waals surface area contributed by atoms with Crippen LogP contribution in [-0.2, 0) is 19.1 Å². The van der Waals surface area contributed by atoms with Gasteiger partial charge in [-0.2, -0.15) is 0 Å². The quantitative estimate of drug-likeness (QED) is 0.703. The van der Waals surface area contributed by atoms with E-state index in [2.05, 4.69) is 10.1 Å². The van der Waals surface area contributed by atoms with Crippen LogP contribution in [0.1, 0.15) is 13.8 Å². The third kappa shape index (κ3) is 2.68. The summed E-state index contributed by atoms with van der Waals surface area (Å²) in [4.78, 5) is 22.9. The Hall–Kier alpha value is -0.750. The maximum absolute atomic E-state index is 11.5. The van der Waals surface area contributed by atoms with Crippen molar-refractivity contribution in [3.8, 4) is 0 Å². The number of hydrogen-bond acceptors (Lipinski definition) is 6. The fourth-order valence-corrected chi connectivity index (χ4v) is 3.12. The molecule has 5 nitrogen and oxygen atoms in total. The Balaban J connectivity index is 2.72. The van der Waals surface area contributed by atoms with Crippen molar-refractivity contribution in [2.45, 2.75) is 29.9 Å². The van der Waals surface area contributed by atoms with Crippen molar-refractivity contribution in [2.24, 2.45) is 0 Å². The van der Waals surface area contributed by atoms with E-state index in [1.165, 1.54) is 26.0 Å². The Bertz CT molecular complexity index is 293. The van der Waals surface area contributed by atoms with E-state index in [1.54, 1.807) is 0 Å². The largest absolute Gasteiger partial charge is 0.468 e. The van der Waals surface area contributed by atoms with Gasteiger partial charge >= 0.3 is 11.9 Å². The fourth-order valence-electron chi connectivity index (χ4n) is 1.69. The summed E-state index contributed by atoms with van der Waals surface area (Å²) in [7, 11) is 2.72. The second-order valence-electron chi connectivity index (χ2n) is 4.10. The topological polar surface area (TPSA) is 64.6 Å². The molecule has 0 aliphatic carbocycles. The summed E-state index contributed by atoms with van der Waals surface area (Å²) < 4.78 is 9.01. The van der Waals surface area contributed by atoms with Gasteiger partial charge in [-0.05, 0) is 13.8 Å². The van der Waals surface area contributed by atoms with E-state index in [1.807, 2.05) is 13.8 Å². The molecule has 1 saturated heterocycles. The molecule has 0 aromatic rings. The summed E-state index contributed by atoms with van der Waals surface area (Å²) in [5.41, 5.74) is 0. The van der Waals surface area contributed by atoms with Gasteiger partial charge < -0.3 is 14.8 Å². The molecule has 0 radical (unpaired) electrons. The van der Waals surface area contributed by atoms with E-state index >= 15 is 0 Å². The highest BCUT2D eigenvalue weighted by Crippen LogP contribution is 2.36. The molecule has 92 valence electrons. The van der Waals surface area contributed by atoms with E-state index in [4.69, 9.17) is 4.74 Å². The van der Waals surface area contributed by atoms with E-state index in [9.17, 15) is 9.59 Å². The van der Waals surface area contributed by atoms with E-state index in [0.29, 0.717) is 6.54 Å². The molecule has 1 fully saturated rings. The van der Waals surface area contributed by atoms with E-state index in [-0.39, 0.29) is 17.2 Å². The molecule has 0 amide bonds. The zero-order chi connectivity index (χ0) is 12.3. The standard InChI is InChI=1S/C10H17NO4S/c1-10(2)7(9(13)15-4)11-5-6(16-10)8(12)14-3/h6-7,11H,5H2,1-4H3/t6-,7-/m1/s1. The fraction of sp³-hybridized carbons (Fsp3) is 0.800. The summed E-state index contributed by atoms with van der Waals surface area (Å²) in [6, 6.07) is -0.400. The normalized spacial score (nSPS) is 28.2. The van der Waals surface area contributed by atoms with Crippen molar-refractivity contribution < 1.29 is 19.1 Å². The molecule has 2 atom stereocenters. The van der Waals surface area contributed by atoms with Gasteiger partial charge in [-0.1, -0.05) is 0 Å². The molecule has 1 rings (SSSR count). The number of carbonyl (C=O) groups is 2. The van der Waals surface area contributed by atoms with Gasteiger partial charge in [0.1, 0.15) is 11.3 Å². The first-order chi connectivity index (χ1) is 7.42. The number of thioether (sulfide) groups is 1. The van der Waals surface area contributed by atoms with Gasteiger partial charge in [0.15, 0.2) is 0 Å². The second-order valence-corrected chi connectivity index (χ2v) is 5.95. The third-order valence-corrected chi connectivity index (χ3v) is 4.04. The summed E-state index contributed by atoms with van der Waals surface area (Å²) >= 11 is 1.44. The third-order valence-electron chi connectivity index (χ3n) is 2.55. The van der Waals surface area contributed by atoms with Crippen LogP contribution in [-0.4, -0.2) is 48.7 Å². The predicted octanol–water partition coefficient (Wildman–Crippen LogP) is 0.185. The molecule has 0 unspecified atom stereocenters. The molecule has 1 aliphatic rings. The minimum absolute atomic E-state index is 0.270. The first-order valence-corrected chi connectivity index (χ1v) is 5.87. The average molecular weight is 247 g/mol. The number of esters is 2. The summed E-state index contributed by atoms with van der Waals surface area (Å²) in [5.74, 6) is -0.574. The minimum atomic E-state index is -0.400. The van der Waals surface area contributed by atoms with Gasteiger partial charge in [-0.3, -0.25) is 9.59 Å². The zero-order valence-electron chi connectivity index (χ0n) is 9.90. The van der Waals surface area contributed by atoms with E-state index in [0.717, 1.165) is 0 Å². The van der Waals surface area contributed by atoms with Crippen molar-refractivity contribution in [2.75, 3.05) is 20.8 Å². The first kappa shape index (κ1) is 13.3. The molecule has 1 aliphatic heterocycles. The van der Waals surface area contributed by atoms with Gasteiger partial charge in [0, 0.05) is 11.3 Å².